The molecule has 5 rings (SSSR count). The number of amides is 1. The van der Waals surface area contributed by atoms with Gasteiger partial charge in [-0.1, -0.05) is 12.1 Å². The SMILES string of the molecule is Cc1[nH]nc2cc(C(F)(F)F)c3nc(-c4ccc(C(=O)NO)cc4)c4c(c3c12)CCS(=O)C4. The summed E-state index contributed by atoms with van der Waals surface area (Å²) in [4.78, 5) is 16.1. The lowest BCUT2D eigenvalue weighted by atomic mass is 9.91. The number of hydrogen-bond acceptors (Lipinski definition) is 5. The zero-order chi connectivity index (χ0) is 23.5. The molecule has 0 aliphatic carbocycles. The lowest BCUT2D eigenvalue weighted by Crippen LogP contribution is -2.18. The van der Waals surface area contributed by atoms with Crippen molar-refractivity contribution in [3.05, 3.63) is 58.3 Å². The Balaban J connectivity index is 1.89. The fourth-order valence-corrected chi connectivity index (χ4v) is 5.60. The summed E-state index contributed by atoms with van der Waals surface area (Å²) in [5, 5.41) is 16.6. The molecule has 1 atom stereocenters. The molecule has 4 aromatic rings. The molecule has 0 bridgehead atoms. The molecule has 2 aromatic heterocycles. The van der Waals surface area contributed by atoms with E-state index in [0.717, 1.165) is 6.07 Å². The van der Waals surface area contributed by atoms with Crippen molar-refractivity contribution >= 4 is 38.5 Å². The number of pyridine rings is 1. The third kappa shape index (κ3) is 3.47. The van der Waals surface area contributed by atoms with E-state index in [1.54, 1.807) is 19.1 Å². The minimum absolute atomic E-state index is 0.168. The number of aromatic amines is 1. The number of carbonyl (C=O) groups is 1. The summed E-state index contributed by atoms with van der Waals surface area (Å²) in [6, 6.07) is 6.97. The first-order valence-corrected chi connectivity index (χ1v) is 11.5. The van der Waals surface area contributed by atoms with E-state index in [0.29, 0.717) is 51.0 Å². The van der Waals surface area contributed by atoms with Gasteiger partial charge in [-0.25, -0.2) is 10.5 Å². The summed E-state index contributed by atoms with van der Waals surface area (Å²) in [5.41, 5.74) is 3.58. The van der Waals surface area contributed by atoms with Crippen LogP contribution in [0.25, 0.3) is 33.1 Å². The summed E-state index contributed by atoms with van der Waals surface area (Å²) < 4.78 is 54.6. The molecule has 3 heterocycles. The molecule has 7 nitrogen and oxygen atoms in total. The van der Waals surface area contributed by atoms with Crippen LogP contribution in [-0.2, 0) is 29.1 Å². The van der Waals surface area contributed by atoms with Crippen molar-refractivity contribution in [1.29, 1.82) is 0 Å². The number of alkyl halides is 3. The number of halogens is 3. The zero-order valence-corrected chi connectivity index (χ0v) is 18.0. The number of nitrogens with one attached hydrogen (secondary N) is 2. The first kappa shape index (κ1) is 21.5. The summed E-state index contributed by atoms with van der Waals surface area (Å²) >= 11 is 0. The molecule has 0 fully saturated rings. The average molecular weight is 474 g/mol. The van der Waals surface area contributed by atoms with Gasteiger partial charge in [0.1, 0.15) is 0 Å². The maximum atomic E-state index is 14.1. The molecule has 0 radical (unpaired) electrons. The number of carbonyl (C=O) groups excluding carboxylic acids is 1. The molecule has 33 heavy (non-hydrogen) atoms. The summed E-state index contributed by atoms with van der Waals surface area (Å²) in [6.45, 7) is 1.74. The molecule has 1 unspecified atom stereocenters. The number of aryl methyl sites for hydroxylation is 2. The Morgan fingerprint density at radius 2 is 1.91 bits per heavy atom. The van der Waals surface area contributed by atoms with Gasteiger partial charge in [-0.15, -0.1) is 0 Å². The number of benzene rings is 2. The van der Waals surface area contributed by atoms with E-state index in [-0.39, 0.29) is 22.3 Å². The Morgan fingerprint density at radius 1 is 1.18 bits per heavy atom. The second kappa shape index (κ2) is 7.63. The van der Waals surface area contributed by atoms with E-state index < -0.39 is 28.4 Å². The van der Waals surface area contributed by atoms with Gasteiger partial charge in [0.25, 0.3) is 5.91 Å². The fraction of sp³-hybridized carbons (Fsp3) is 0.227. The Hall–Kier alpha value is -3.31. The summed E-state index contributed by atoms with van der Waals surface area (Å²) in [7, 11) is -1.18. The predicted molar refractivity (Wildman–Crippen MR) is 116 cm³/mol. The van der Waals surface area contributed by atoms with E-state index in [2.05, 4.69) is 15.2 Å². The number of hydroxylamine groups is 1. The smallest absolute Gasteiger partial charge is 0.288 e. The lowest BCUT2D eigenvalue weighted by Gasteiger charge is -2.23. The molecule has 1 aliphatic heterocycles. The van der Waals surface area contributed by atoms with Crippen molar-refractivity contribution < 1.29 is 27.4 Å². The van der Waals surface area contributed by atoms with Gasteiger partial charge in [0, 0.05) is 44.1 Å². The monoisotopic (exact) mass is 474 g/mol. The van der Waals surface area contributed by atoms with Crippen LogP contribution in [0.15, 0.2) is 30.3 Å². The van der Waals surface area contributed by atoms with Gasteiger partial charge in [-0.3, -0.25) is 19.3 Å². The predicted octanol–water partition coefficient (Wildman–Crippen LogP) is 4.03. The van der Waals surface area contributed by atoms with E-state index in [4.69, 9.17) is 5.21 Å². The topological polar surface area (TPSA) is 108 Å². The molecule has 1 amide bonds. The Kier molecular flexibility index (Phi) is 4.98. The number of nitrogens with zero attached hydrogens (tertiary/aromatic N) is 2. The molecule has 0 spiro atoms. The van der Waals surface area contributed by atoms with Crippen LogP contribution in [0, 0.1) is 6.92 Å². The molecular formula is C22H17F3N4O3S. The van der Waals surface area contributed by atoms with Crippen molar-refractivity contribution in [2.24, 2.45) is 0 Å². The van der Waals surface area contributed by atoms with Crippen molar-refractivity contribution in [2.75, 3.05) is 5.75 Å². The van der Waals surface area contributed by atoms with Crippen LogP contribution < -0.4 is 5.48 Å². The number of aromatic nitrogens is 3. The first-order chi connectivity index (χ1) is 15.7. The molecule has 1 aliphatic rings. The van der Waals surface area contributed by atoms with Gasteiger partial charge in [0.2, 0.25) is 0 Å². The second-order valence-electron chi connectivity index (χ2n) is 7.86. The molecule has 3 N–H and O–H groups in total. The summed E-state index contributed by atoms with van der Waals surface area (Å²) in [6.07, 6.45) is -4.31. The largest absolute Gasteiger partial charge is 0.418 e. The van der Waals surface area contributed by atoms with Gasteiger partial charge in [0.05, 0.1) is 28.0 Å². The van der Waals surface area contributed by atoms with Gasteiger partial charge >= 0.3 is 6.18 Å². The van der Waals surface area contributed by atoms with Crippen molar-refractivity contribution in [2.45, 2.75) is 25.3 Å². The van der Waals surface area contributed by atoms with Crippen LogP contribution in [0.3, 0.4) is 0 Å². The maximum Gasteiger partial charge on any atom is 0.418 e. The van der Waals surface area contributed by atoms with Crippen LogP contribution in [0.4, 0.5) is 13.2 Å². The molecule has 0 saturated carbocycles. The number of fused-ring (bicyclic) bond motifs is 5. The van der Waals surface area contributed by atoms with E-state index in [1.165, 1.54) is 17.6 Å². The van der Waals surface area contributed by atoms with Gasteiger partial charge in [-0.05, 0) is 42.7 Å². The van der Waals surface area contributed by atoms with E-state index in [9.17, 15) is 22.2 Å². The van der Waals surface area contributed by atoms with E-state index >= 15 is 0 Å². The lowest BCUT2D eigenvalue weighted by molar-refractivity contribution is -0.136. The quantitative estimate of drug-likeness (QED) is 0.300. The van der Waals surface area contributed by atoms with Crippen molar-refractivity contribution in [3.63, 3.8) is 0 Å². The maximum absolute atomic E-state index is 14.1. The van der Waals surface area contributed by atoms with Crippen LogP contribution in [-0.4, -0.2) is 36.3 Å². The fourth-order valence-electron chi connectivity index (χ4n) is 4.39. The van der Waals surface area contributed by atoms with Crippen LogP contribution in [0.1, 0.15) is 32.7 Å². The molecular weight excluding hydrogens is 457 g/mol. The molecule has 2 aromatic carbocycles. The third-order valence-electron chi connectivity index (χ3n) is 5.89. The summed E-state index contributed by atoms with van der Waals surface area (Å²) in [5.74, 6) is -0.204. The highest BCUT2D eigenvalue weighted by atomic mass is 32.2. The highest BCUT2D eigenvalue weighted by molar-refractivity contribution is 7.84. The number of hydrogen-bond donors (Lipinski definition) is 3. The van der Waals surface area contributed by atoms with E-state index in [1.807, 2.05) is 0 Å². The van der Waals surface area contributed by atoms with Crippen LogP contribution in [0.2, 0.25) is 0 Å². The normalized spacial score (nSPS) is 16.2. The highest BCUT2D eigenvalue weighted by Crippen LogP contribution is 2.43. The van der Waals surface area contributed by atoms with Crippen LogP contribution >= 0.6 is 0 Å². The zero-order valence-electron chi connectivity index (χ0n) is 17.2. The van der Waals surface area contributed by atoms with Gasteiger partial charge in [0.15, 0.2) is 0 Å². The van der Waals surface area contributed by atoms with Crippen molar-refractivity contribution in [3.8, 4) is 11.3 Å². The Bertz CT molecular complexity index is 1460. The van der Waals surface area contributed by atoms with Crippen molar-refractivity contribution in [1.82, 2.24) is 20.7 Å². The Labute approximate surface area is 187 Å². The molecule has 170 valence electrons. The molecule has 11 heteroatoms. The third-order valence-corrected chi connectivity index (χ3v) is 7.16. The minimum Gasteiger partial charge on any atom is -0.288 e. The second-order valence-corrected chi connectivity index (χ2v) is 9.44. The van der Waals surface area contributed by atoms with Gasteiger partial charge in [-0.2, -0.15) is 18.3 Å². The minimum atomic E-state index is -4.65. The highest BCUT2D eigenvalue weighted by Gasteiger charge is 2.36. The average Bonchev–Trinajstić information content (AvgIpc) is 3.17. The van der Waals surface area contributed by atoms with Gasteiger partial charge < -0.3 is 0 Å². The first-order valence-electron chi connectivity index (χ1n) is 9.99. The standard InChI is InChI=1S/C22H17F3N4O3S/c1-10-17-16(28-27-10)8-15(22(23,24)25)20-18(17)13-6-7-33(32)9-14(13)19(26-20)11-2-4-12(5-3-11)21(30)29-31/h2-5,8,31H,6-7,9H2,1H3,(H,27,28)(H,29,30). The molecule has 0 saturated heterocycles. The number of rotatable bonds is 2. The number of H-pyrrole nitrogens is 1. The van der Waals surface area contributed by atoms with Crippen LogP contribution in [0.5, 0.6) is 0 Å². The Morgan fingerprint density at radius 3 is 2.58 bits per heavy atom.